The van der Waals surface area contributed by atoms with Gasteiger partial charge in [0.15, 0.2) is 0 Å². The molecule has 41 heavy (non-hydrogen) atoms. The number of hydrogen-bond donors (Lipinski definition) is 0. The smallest absolute Gasteiger partial charge is 0.334 e. The molecule has 0 aromatic heterocycles. The molecule has 4 amide bonds. The number of carbonyl (C=O) groups is 5. The highest BCUT2D eigenvalue weighted by atomic mass is 16.5. The number of anilines is 2. The Hall–Kier alpha value is -4.07. The molecule has 7 rings (SSSR count). The second-order valence-electron chi connectivity index (χ2n) is 12.2. The first kappa shape index (κ1) is 27.1. The van der Waals surface area contributed by atoms with Crippen molar-refractivity contribution in [2.24, 2.45) is 35.0 Å². The van der Waals surface area contributed by atoms with Crippen molar-refractivity contribution in [2.75, 3.05) is 16.4 Å². The average Bonchev–Trinajstić information content (AvgIpc) is 3.33. The summed E-state index contributed by atoms with van der Waals surface area (Å²) in [7, 11) is 0. The Morgan fingerprint density at radius 3 is 1.59 bits per heavy atom. The molecule has 212 valence electrons. The largest absolute Gasteiger partial charge is 0.463 e. The zero-order chi connectivity index (χ0) is 29.7. The van der Waals surface area contributed by atoms with Crippen molar-refractivity contribution in [1.29, 1.82) is 0 Å². The fourth-order valence-corrected chi connectivity index (χ4v) is 8.20. The summed E-state index contributed by atoms with van der Waals surface area (Å²) in [6, 6.07) is 11.2. The van der Waals surface area contributed by atoms with E-state index in [1.807, 2.05) is 52.0 Å². The van der Waals surface area contributed by atoms with E-state index in [1.54, 1.807) is 32.9 Å². The van der Waals surface area contributed by atoms with Gasteiger partial charge in [-0.1, -0.05) is 36.8 Å². The van der Waals surface area contributed by atoms with Gasteiger partial charge in [-0.2, -0.15) is 0 Å². The molecule has 1 saturated carbocycles. The number of carbonyl (C=O) groups excluding carboxylic acids is 5. The van der Waals surface area contributed by atoms with Crippen LogP contribution in [0.1, 0.15) is 43.0 Å². The van der Waals surface area contributed by atoms with Crippen LogP contribution in [0.5, 0.6) is 0 Å². The molecule has 0 unspecified atom stereocenters. The first-order valence-corrected chi connectivity index (χ1v) is 14.1. The summed E-state index contributed by atoms with van der Waals surface area (Å²) in [6.45, 7) is 12.7. The summed E-state index contributed by atoms with van der Waals surface area (Å²) in [5, 5.41) is 0. The third-order valence-corrected chi connectivity index (χ3v) is 9.89. The van der Waals surface area contributed by atoms with Crippen molar-refractivity contribution in [3.8, 4) is 0 Å². The minimum Gasteiger partial charge on any atom is -0.463 e. The molecule has 8 nitrogen and oxygen atoms in total. The maximum absolute atomic E-state index is 14.4. The number of hydrogen-bond acceptors (Lipinski definition) is 6. The van der Waals surface area contributed by atoms with E-state index in [1.165, 1.54) is 9.80 Å². The summed E-state index contributed by atoms with van der Waals surface area (Å²) in [5.41, 5.74) is 3.68. The highest BCUT2D eigenvalue weighted by Crippen LogP contribution is 2.69. The van der Waals surface area contributed by atoms with Gasteiger partial charge in [-0.25, -0.2) is 14.6 Å². The first-order chi connectivity index (χ1) is 19.4. The second kappa shape index (κ2) is 8.96. The minimum absolute atomic E-state index is 0.113. The van der Waals surface area contributed by atoms with Gasteiger partial charge in [0.05, 0.1) is 41.7 Å². The van der Waals surface area contributed by atoms with Crippen molar-refractivity contribution in [3.63, 3.8) is 0 Å². The monoisotopic (exact) mass is 554 g/mol. The number of nitrogens with zero attached hydrogens (tertiary/aromatic N) is 2. The van der Waals surface area contributed by atoms with Crippen LogP contribution in [0.25, 0.3) is 0 Å². The van der Waals surface area contributed by atoms with Crippen LogP contribution >= 0.6 is 0 Å². The van der Waals surface area contributed by atoms with Gasteiger partial charge in [0.25, 0.3) is 0 Å². The number of imide groups is 2. The van der Waals surface area contributed by atoms with Crippen molar-refractivity contribution in [2.45, 2.75) is 48.5 Å². The predicted molar refractivity (Wildman–Crippen MR) is 152 cm³/mol. The van der Waals surface area contributed by atoms with Gasteiger partial charge in [-0.15, -0.1) is 0 Å². The van der Waals surface area contributed by atoms with Gasteiger partial charge < -0.3 is 4.74 Å². The van der Waals surface area contributed by atoms with Crippen molar-refractivity contribution < 1.29 is 28.7 Å². The van der Waals surface area contributed by atoms with Crippen LogP contribution in [-0.2, 0) is 28.7 Å². The lowest BCUT2D eigenvalue weighted by molar-refractivity contribution is -0.155. The molecular weight excluding hydrogens is 520 g/mol. The summed E-state index contributed by atoms with van der Waals surface area (Å²) in [5.74, 6) is -6.79. The van der Waals surface area contributed by atoms with Crippen molar-refractivity contribution in [1.82, 2.24) is 0 Å². The van der Waals surface area contributed by atoms with Gasteiger partial charge in [0.1, 0.15) is 0 Å². The molecule has 3 fully saturated rings. The van der Waals surface area contributed by atoms with Crippen LogP contribution in [0.15, 0.2) is 47.5 Å². The standard InChI is InChI=1S/C33H34N2O6/c1-8-41-32(40)25-19(6)22-23-26(30(38)34(28(23)36)20-13-15(2)9-11-17(20)4)33(25,7)27-24(22)29(37)35(31(27)39)21-14-16(3)10-12-18(21)5/h9-14,22-24,26-27H,8H2,1-7H3/t22?,23-,24-,26-,27-,33?/m1/s1. The summed E-state index contributed by atoms with van der Waals surface area (Å²) in [6.07, 6.45) is 0. The average molecular weight is 555 g/mol. The molecule has 0 N–H and O–H groups in total. The van der Waals surface area contributed by atoms with E-state index in [0.717, 1.165) is 22.3 Å². The maximum atomic E-state index is 14.4. The number of allylic oxidation sites excluding steroid dienone is 1. The lowest BCUT2D eigenvalue weighted by atomic mass is 9.43. The van der Waals surface area contributed by atoms with Crippen LogP contribution in [0.3, 0.4) is 0 Å². The Balaban J connectivity index is 1.57. The lowest BCUT2D eigenvalue weighted by Crippen LogP contribution is -2.61. The van der Waals surface area contributed by atoms with E-state index in [0.29, 0.717) is 16.9 Å². The number of rotatable bonds is 4. The molecule has 5 aliphatic rings. The third-order valence-electron chi connectivity index (χ3n) is 9.89. The fraction of sp³-hybridized carbons (Fsp3) is 0.424. The molecular formula is C33H34N2O6. The Labute approximate surface area is 239 Å². The molecule has 2 heterocycles. The van der Waals surface area contributed by atoms with E-state index >= 15 is 0 Å². The molecule has 4 atom stereocenters. The Kier molecular flexibility index (Phi) is 5.93. The fourth-order valence-electron chi connectivity index (χ4n) is 8.20. The van der Waals surface area contributed by atoms with E-state index in [9.17, 15) is 24.0 Å². The van der Waals surface area contributed by atoms with Crippen molar-refractivity contribution >= 4 is 41.0 Å². The summed E-state index contributed by atoms with van der Waals surface area (Å²) in [4.78, 5) is 73.3. The topological polar surface area (TPSA) is 101 Å². The first-order valence-electron chi connectivity index (χ1n) is 14.1. The second-order valence-corrected chi connectivity index (χ2v) is 12.2. The number of ether oxygens (including phenoxy) is 1. The van der Waals surface area contributed by atoms with Crippen LogP contribution in [0, 0.1) is 62.7 Å². The normalized spacial score (nSPS) is 30.4. The molecule has 3 aliphatic carbocycles. The van der Waals surface area contributed by atoms with Crippen LogP contribution in [0.4, 0.5) is 11.4 Å². The van der Waals surface area contributed by atoms with Gasteiger partial charge in [-0.3, -0.25) is 19.2 Å². The predicted octanol–water partition coefficient (Wildman–Crippen LogP) is 4.36. The number of aryl methyl sites for hydroxylation is 4. The van der Waals surface area contributed by atoms with Crippen LogP contribution in [-0.4, -0.2) is 36.2 Å². The third kappa shape index (κ3) is 3.36. The minimum atomic E-state index is -1.42. The number of esters is 1. The molecule has 2 aliphatic heterocycles. The van der Waals surface area contributed by atoms with Gasteiger partial charge in [0, 0.05) is 16.9 Å². The van der Waals surface area contributed by atoms with Gasteiger partial charge in [0.2, 0.25) is 23.6 Å². The zero-order valence-corrected chi connectivity index (χ0v) is 24.4. The maximum Gasteiger partial charge on any atom is 0.334 e. The molecule has 0 radical (unpaired) electrons. The Morgan fingerprint density at radius 1 is 0.732 bits per heavy atom. The van der Waals surface area contributed by atoms with Crippen molar-refractivity contribution in [3.05, 3.63) is 69.8 Å². The summed E-state index contributed by atoms with van der Waals surface area (Å²) >= 11 is 0. The van der Waals surface area contributed by atoms with E-state index in [-0.39, 0.29) is 12.2 Å². The molecule has 2 aromatic carbocycles. The highest BCUT2D eigenvalue weighted by Gasteiger charge is 2.77. The van der Waals surface area contributed by atoms with Crippen LogP contribution < -0.4 is 9.80 Å². The zero-order valence-electron chi connectivity index (χ0n) is 24.4. The number of amides is 4. The molecule has 2 aromatic rings. The number of benzene rings is 2. The molecule has 8 heteroatoms. The summed E-state index contributed by atoms with van der Waals surface area (Å²) < 4.78 is 5.47. The van der Waals surface area contributed by atoms with E-state index < -0.39 is 64.6 Å². The van der Waals surface area contributed by atoms with E-state index in [4.69, 9.17) is 4.74 Å². The van der Waals surface area contributed by atoms with Gasteiger partial charge in [-0.05, 0) is 75.9 Å². The molecule has 0 spiro atoms. The van der Waals surface area contributed by atoms with Crippen LogP contribution in [0.2, 0.25) is 0 Å². The lowest BCUT2D eigenvalue weighted by Gasteiger charge is -2.55. The molecule has 2 bridgehead atoms. The SMILES string of the molecule is CCOC(=O)C1=C(C)C2[C@H]3C(=O)N(c4cc(C)ccc4C)C(=O)[C@@H]3C1(C)[C@H]1C(=O)N(c3cc(C)ccc3C)C(=O)[C@H]21. The van der Waals surface area contributed by atoms with Gasteiger partial charge >= 0.3 is 5.97 Å². The Morgan fingerprint density at radius 2 is 1.17 bits per heavy atom. The van der Waals surface area contributed by atoms with E-state index in [2.05, 4.69) is 0 Å². The quantitative estimate of drug-likeness (QED) is 0.411. The Bertz CT molecular complexity index is 1520. The highest BCUT2D eigenvalue weighted by molar-refractivity contribution is 6.28. The molecule has 2 saturated heterocycles.